The maximum Gasteiger partial charge on any atom is 0.275 e. The van der Waals surface area contributed by atoms with Crippen molar-refractivity contribution >= 4 is 5.91 Å². The van der Waals surface area contributed by atoms with Gasteiger partial charge in [-0.3, -0.25) is 4.79 Å². The maximum atomic E-state index is 12.6. The Hall–Kier alpha value is -2.67. The number of benzene rings is 1. The highest BCUT2D eigenvalue weighted by atomic mass is 16.5. The molecule has 0 spiro atoms. The highest BCUT2D eigenvalue weighted by molar-refractivity contribution is 5.76. The lowest BCUT2D eigenvalue weighted by Crippen LogP contribution is -3.11. The van der Waals surface area contributed by atoms with Crippen LogP contribution in [0.2, 0.25) is 0 Å². The Morgan fingerprint density at radius 2 is 1.93 bits per heavy atom. The van der Waals surface area contributed by atoms with Crippen molar-refractivity contribution in [2.24, 2.45) is 7.05 Å². The fraction of sp³-hybridized carbons (Fsp3) is 0.476. The van der Waals surface area contributed by atoms with Crippen LogP contribution in [-0.4, -0.2) is 44.9 Å². The molecular formula is C21H30N3O4+. The van der Waals surface area contributed by atoms with Crippen molar-refractivity contribution in [1.29, 1.82) is 0 Å². The quantitative estimate of drug-likeness (QED) is 0.711. The van der Waals surface area contributed by atoms with Crippen LogP contribution in [0.5, 0.6) is 17.2 Å². The molecule has 3 rings (SSSR count). The minimum absolute atomic E-state index is 0.0462. The first-order chi connectivity index (χ1) is 13.6. The molecule has 1 amide bonds. The number of nitrogens with one attached hydrogen (secondary N) is 2. The average molecular weight is 388 g/mol. The van der Waals surface area contributed by atoms with Crippen LogP contribution in [0.3, 0.4) is 0 Å². The van der Waals surface area contributed by atoms with Gasteiger partial charge in [0.2, 0.25) is 5.75 Å². The number of quaternary nitrogens is 1. The Bertz CT molecular complexity index is 793. The van der Waals surface area contributed by atoms with Crippen molar-refractivity contribution in [1.82, 2.24) is 9.88 Å². The molecule has 1 aliphatic heterocycles. The summed E-state index contributed by atoms with van der Waals surface area (Å²) in [6, 6.07) is 8.32. The third kappa shape index (κ3) is 4.25. The third-order valence-electron chi connectivity index (χ3n) is 5.43. The summed E-state index contributed by atoms with van der Waals surface area (Å²) in [7, 11) is 6.81. The van der Waals surface area contributed by atoms with Gasteiger partial charge in [-0.05, 0) is 29.8 Å². The van der Waals surface area contributed by atoms with Gasteiger partial charge in [-0.15, -0.1) is 0 Å². The normalized spacial score (nSPS) is 18.7. The van der Waals surface area contributed by atoms with Gasteiger partial charge in [0, 0.05) is 32.6 Å². The fourth-order valence-electron chi connectivity index (χ4n) is 4.02. The molecule has 1 unspecified atom stereocenters. The Morgan fingerprint density at radius 3 is 2.50 bits per heavy atom. The third-order valence-corrected chi connectivity index (χ3v) is 5.43. The van der Waals surface area contributed by atoms with Gasteiger partial charge in [0.25, 0.3) is 5.91 Å². The molecular weight excluding hydrogens is 358 g/mol. The summed E-state index contributed by atoms with van der Waals surface area (Å²) in [5.41, 5.74) is 2.20. The Kier molecular flexibility index (Phi) is 6.46. The molecule has 0 radical (unpaired) electrons. The molecule has 1 aliphatic rings. The molecule has 7 nitrogen and oxygen atoms in total. The Balaban J connectivity index is 1.62. The zero-order valence-electron chi connectivity index (χ0n) is 17.1. The van der Waals surface area contributed by atoms with Crippen molar-refractivity contribution in [3.63, 3.8) is 0 Å². The summed E-state index contributed by atoms with van der Waals surface area (Å²) in [5.74, 6) is 1.76. The summed E-state index contributed by atoms with van der Waals surface area (Å²) < 4.78 is 18.3. The first-order valence-electron chi connectivity index (χ1n) is 9.58. The van der Waals surface area contributed by atoms with Gasteiger partial charge in [-0.2, -0.15) is 0 Å². The molecule has 2 atom stereocenters. The maximum absolute atomic E-state index is 12.6. The van der Waals surface area contributed by atoms with Gasteiger partial charge in [-0.25, -0.2) is 0 Å². The second-order valence-corrected chi connectivity index (χ2v) is 7.13. The lowest BCUT2D eigenvalue weighted by Gasteiger charge is -2.21. The number of hydrogen-bond donors (Lipinski definition) is 2. The van der Waals surface area contributed by atoms with Crippen molar-refractivity contribution in [2.75, 3.05) is 34.4 Å². The molecule has 2 N–H and O–H groups in total. The summed E-state index contributed by atoms with van der Waals surface area (Å²) >= 11 is 0. The lowest BCUT2D eigenvalue weighted by atomic mass is 10.1. The topological polar surface area (TPSA) is 66.2 Å². The van der Waals surface area contributed by atoms with Crippen LogP contribution in [0, 0.1) is 0 Å². The largest absolute Gasteiger partial charge is 0.493 e. The van der Waals surface area contributed by atoms with E-state index in [0.717, 1.165) is 24.9 Å². The summed E-state index contributed by atoms with van der Waals surface area (Å²) in [6.45, 7) is 1.91. The van der Waals surface area contributed by atoms with E-state index in [2.05, 4.69) is 35.3 Å². The summed E-state index contributed by atoms with van der Waals surface area (Å²) in [5, 5.41) is 3.03. The number of methoxy groups -OCH3 is 3. The van der Waals surface area contributed by atoms with Crippen molar-refractivity contribution in [2.45, 2.75) is 25.4 Å². The van der Waals surface area contributed by atoms with Gasteiger partial charge in [0.05, 0.1) is 33.6 Å². The number of amides is 1. The number of carbonyl (C=O) groups excluding carboxylic acids is 1. The number of nitrogens with zero attached hydrogens (tertiary/aromatic N) is 1. The van der Waals surface area contributed by atoms with E-state index < -0.39 is 0 Å². The number of carbonyl (C=O) groups is 1. The van der Waals surface area contributed by atoms with E-state index in [4.69, 9.17) is 14.2 Å². The van der Waals surface area contributed by atoms with Crippen LogP contribution < -0.4 is 24.4 Å². The van der Waals surface area contributed by atoms with E-state index in [0.29, 0.717) is 36.4 Å². The average Bonchev–Trinajstić information content (AvgIpc) is 3.33. The number of ether oxygens (including phenoxy) is 3. The minimum atomic E-state index is 0.0462. The first-order valence-corrected chi connectivity index (χ1v) is 9.58. The standard InChI is InChI=1S/C21H29N3O4/c1-23-9-5-7-16(23)17-8-6-10-24(17)14-20(25)22-13-15-11-18(26-2)21(28-4)19(12-15)27-3/h5,7,9,11-12,17H,6,8,10,13-14H2,1-4H3,(H,22,25)/p+1/t17-/m0/s1. The van der Waals surface area contributed by atoms with Crippen molar-refractivity contribution in [3.05, 3.63) is 41.7 Å². The molecule has 2 aromatic rings. The molecule has 0 bridgehead atoms. The highest BCUT2D eigenvalue weighted by Crippen LogP contribution is 2.38. The second-order valence-electron chi connectivity index (χ2n) is 7.13. The molecule has 1 aromatic heterocycles. The molecule has 1 fully saturated rings. The molecule has 7 heteroatoms. The van der Waals surface area contributed by atoms with E-state index >= 15 is 0 Å². The molecule has 28 heavy (non-hydrogen) atoms. The smallest absolute Gasteiger partial charge is 0.275 e. The lowest BCUT2D eigenvalue weighted by molar-refractivity contribution is -0.911. The number of aryl methyl sites for hydroxylation is 1. The Morgan fingerprint density at radius 1 is 1.21 bits per heavy atom. The van der Waals surface area contributed by atoms with Crippen molar-refractivity contribution in [3.8, 4) is 17.2 Å². The molecule has 152 valence electrons. The number of likely N-dealkylation sites (tertiary alicyclic amines) is 1. The van der Waals surface area contributed by atoms with E-state index in [1.807, 2.05) is 12.1 Å². The van der Waals surface area contributed by atoms with E-state index in [1.54, 1.807) is 21.3 Å². The number of rotatable bonds is 8. The predicted octanol–water partition coefficient (Wildman–Crippen LogP) is 1.09. The number of aromatic nitrogens is 1. The molecule has 1 aromatic carbocycles. The van der Waals surface area contributed by atoms with Gasteiger partial charge in [0.1, 0.15) is 6.04 Å². The minimum Gasteiger partial charge on any atom is -0.493 e. The van der Waals surface area contributed by atoms with Crippen LogP contribution in [0.25, 0.3) is 0 Å². The predicted molar refractivity (Wildman–Crippen MR) is 106 cm³/mol. The monoisotopic (exact) mass is 388 g/mol. The van der Waals surface area contributed by atoms with Crippen LogP contribution in [-0.2, 0) is 18.4 Å². The van der Waals surface area contributed by atoms with Crippen molar-refractivity contribution < 1.29 is 23.9 Å². The van der Waals surface area contributed by atoms with Gasteiger partial charge in [0.15, 0.2) is 18.0 Å². The van der Waals surface area contributed by atoms with Crippen LogP contribution in [0.4, 0.5) is 0 Å². The summed E-state index contributed by atoms with van der Waals surface area (Å²) in [6.07, 6.45) is 4.33. The van der Waals surface area contributed by atoms with Crippen LogP contribution in [0.15, 0.2) is 30.5 Å². The summed E-state index contributed by atoms with van der Waals surface area (Å²) in [4.78, 5) is 13.9. The molecule has 0 saturated carbocycles. The highest BCUT2D eigenvalue weighted by Gasteiger charge is 2.32. The van der Waals surface area contributed by atoms with Gasteiger partial charge >= 0.3 is 0 Å². The zero-order valence-corrected chi connectivity index (χ0v) is 17.1. The van der Waals surface area contributed by atoms with E-state index in [9.17, 15) is 4.79 Å². The SMILES string of the molecule is COc1cc(CNC(=O)C[NH+]2CCC[C@H]2c2cccn2C)cc(OC)c1OC. The van der Waals surface area contributed by atoms with Gasteiger partial charge in [-0.1, -0.05) is 0 Å². The van der Waals surface area contributed by atoms with Crippen LogP contribution in [0.1, 0.15) is 30.1 Å². The van der Waals surface area contributed by atoms with E-state index in [1.165, 1.54) is 10.6 Å². The molecule has 1 saturated heterocycles. The van der Waals surface area contributed by atoms with Crippen LogP contribution >= 0.6 is 0 Å². The second kappa shape index (κ2) is 9.01. The first kappa shape index (κ1) is 20.1. The zero-order chi connectivity index (χ0) is 20.1. The van der Waals surface area contributed by atoms with Gasteiger partial charge < -0.3 is 29.0 Å². The number of hydrogen-bond acceptors (Lipinski definition) is 4. The van der Waals surface area contributed by atoms with E-state index in [-0.39, 0.29) is 5.91 Å². The molecule has 2 heterocycles. The fourth-order valence-corrected chi connectivity index (χ4v) is 4.02. The molecule has 0 aliphatic carbocycles. The Labute approximate surface area is 166 Å².